The molecule has 162 valence electrons. The molecule has 1 fully saturated rings. The number of carboxylic acids is 1. The fourth-order valence-corrected chi connectivity index (χ4v) is 5.08. The van der Waals surface area contributed by atoms with Crippen molar-refractivity contribution in [3.63, 3.8) is 0 Å². The normalized spacial score (nSPS) is 19.8. The molecule has 32 heavy (non-hydrogen) atoms. The zero-order valence-corrected chi connectivity index (χ0v) is 17.7. The first-order valence-corrected chi connectivity index (χ1v) is 11.0. The maximum atomic E-state index is 13.0. The number of piperidine rings is 1. The number of carbonyl (C=O) groups is 2. The van der Waals surface area contributed by atoms with Crippen molar-refractivity contribution in [3.05, 3.63) is 95.6 Å². The third-order valence-corrected chi connectivity index (χ3v) is 6.67. The first-order valence-electron chi connectivity index (χ1n) is 11.0. The largest absolute Gasteiger partial charge is 0.481 e. The highest BCUT2D eigenvalue weighted by molar-refractivity contribution is 5.79. The van der Waals surface area contributed by atoms with Crippen LogP contribution in [0.5, 0.6) is 0 Å². The minimum Gasteiger partial charge on any atom is -0.481 e. The topological polar surface area (TPSA) is 66.8 Å². The quantitative estimate of drug-likeness (QED) is 0.627. The van der Waals surface area contributed by atoms with Gasteiger partial charge in [-0.1, -0.05) is 78.9 Å². The lowest BCUT2D eigenvalue weighted by molar-refractivity contribution is -0.143. The second-order valence-electron chi connectivity index (χ2n) is 8.59. The van der Waals surface area contributed by atoms with E-state index in [0.29, 0.717) is 13.0 Å². The molecule has 5 heteroatoms. The van der Waals surface area contributed by atoms with Gasteiger partial charge in [0.05, 0.1) is 5.92 Å². The van der Waals surface area contributed by atoms with E-state index in [4.69, 9.17) is 4.74 Å². The Morgan fingerprint density at radius 1 is 0.844 bits per heavy atom. The summed E-state index contributed by atoms with van der Waals surface area (Å²) in [7, 11) is 0. The van der Waals surface area contributed by atoms with Crippen molar-refractivity contribution in [1.82, 2.24) is 4.90 Å². The molecule has 5 rings (SSSR count). The predicted octanol–water partition coefficient (Wildman–Crippen LogP) is 5.13. The summed E-state index contributed by atoms with van der Waals surface area (Å²) < 4.78 is 5.79. The van der Waals surface area contributed by atoms with Crippen LogP contribution in [0, 0.1) is 5.92 Å². The van der Waals surface area contributed by atoms with Crippen LogP contribution in [0.2, 0.25) is 0 Å². The van der Waals surface area contributed by atoms with Crippen LogP contribution in [0.15, 0.2) is 78.9 Å². The van der Waals surface area contributed by atoms with Gasteiger partial charge in [0.1, 0.15) is 6.61 Å². The summed E-state index contributed by atoms with van der Waals surface area (Å²) in [5.41, 5.74) is 5.72. The Balaban J connectivity index is 1.33. The average Bonchev–Trinajstić information content (AvgIpc) is 3.16. The van der Waals surface area contributed by atoms with Gasteiger partial charge in [0.2, 0.25) is 0 Å². The molecule has 1 N–H and O–H groups in total. The molecule has 3 aromatic carbocycles. The van der Waals surface area contributed by atoms with Crippen molar-refractivity contribution in [3.8, 4) is 11.1 Å². The van der Waals surface area contributed by atoms with Crippen molar-refractivity contribution in [2.24, 2.45) is 5.92 Å². The maximum absolute atomic E-state index is 13.0. The highest BCUT2D eigenvalue weighted by atomic mass is 16.6. The third-order valence-electron chi connectivity index (χ3n) is 6.67. The van der Waals surface area contributed by atoms with E-state index in [9.17, 15) is 14.7 Å². The van der Waals surface area contributed by atoms with Crippen LogP contribution in [0.4, 0.5) is 4.79 Å². The van der Waals surface area contributed by atoms with Crippen LogP contribution in [0.3, 0.4) is 0 Å². The summed E-state index contributed by atoms with van der Waals surface area (Å²) in [4.78, 5) is 26.4. The van der Waals surface area contributed by atoms with Gasteiger partial charge >= 0.3 is 12.1 Å². The number of fused-ring (bicyclic) bond motifs is 3. The molecular weight excluding hydrogens is 402 g/mol. The summed E-state index contributed by atoms with van der Waals surface area (Å²) in [5.74, 6) is -1.51. The SMILES string of the molecule is O=C(O)[C@H]1C[C@H](c2ccccc2)CN(C(=O)OCC2c3ccccc3-c3ccccc32)C1. The van der Waals surface area contributed by atoms with Crippen molar-refractivity contribution in [2.75, 3.05) is 19.7 Å². The van der Waals surface area contributed by atoms with E-state index in [1.165, 1.54) is 11.1 Å². The maximum Gasteiger partial charge on any atom is 0.409 e. The van der Waals surface area contributed by atoms with E-state index in [2.05, 4.69) is 24.3 Å². The van der Waals surface area contributed by atoms with Crippen molar-refractivity contribution < 1.29 is 19.4 Å². The molecule has 3 aromatic rings. The van der Waals surface area contributed by atoms with Crippen molar-refractivity contribution >= 4 is 12.1 Å². The van der Waals surface area contributed by atoms with Gasteiger partial charge in [0.25, 0.3) is 0 Å². The smallest absolute Gasteiger partial charge is 0.409 e. The van der Waals surface area contributed by atoms with E-state index in [1.54, 1.807) is 4.90 Å². The van der Waals surface area contributed by atoms with Crippen LogP contribution in [0.1, 0.15) is 34.9 Å². The number of ether oxygens (including phenoxy) is 1. The van der Waals surface area contributed by atoms with E-state index >= 15 is 0 Å². The molecule has 1 aliphatic carbocycles. The number of rotatable bonds is 4. The number of amides is 1. The number of aliphatic carboxylic acids is 1. The van der Waals surface area contributed by atoms with Gasteiger partial charge in [-0.2, -0.15) is 0 Å². The number of carbonyl (C=O) groups excluding carboxylic acids is 1. The van der Waals surface area contributed by atoms with Gasteiger partial charge in [-0.25, -0.2) is 4.79 Å². The molecule has 1 heterocycles. The molecule has 2 aliphatic rings. The molecule has 0 bridgehead atoms. The molecule has 5 nitrogen and oxygen atoms in total. The second-order valence-corrected chi connectivity index (χ2v) is 8.59. The molecule has 0 spiro atoms. The number of benzene rings is 3. The van der Waals surface area contributed by atoms with Gasteiger partial charge in [-0.3, -0.25) is 4.79 Å². The summed E-state index contributed by atoms with van der Waals surface area (Å²) in [6.45, 7) is 0.872. The second kappa shape index (κ2) is 8.50. The van der Waals surface area contributed by atoms with Crippen LogP contribution in [0.25, 0.3) is 11.1 Å². The van der Waals surface area contributed by atoms with Gasteiger partial charge in [-0.15, -0.1) is 0 Å². The van der Waals surface area contributed by atoms with Crippen molar-refractivity contribution in [2.45, 2.75) is 18.3 Å². The molecule has 0 aromatic heterocycles. The highest BCUT2D eigenvalue weighted by Gasteiger charge is 2.36. The Bertz CT molecular complexity index is 1100. The number of carboxylic acid groups (broad SMARTS) is 1. The van der Waals surface area contributed by atoms with Crippen LogP contribution < -0.4 is 0 Å². The lowest BCUT2D eigenvalue weighted by Crippen LogP contribution is -2.45. The molecule has 0 saturated carbocycles. The number of hydrogen-bond donors (Lipinski definition) is 1. The zero-order valence-electron chi connectivity index (χ0n) is 17.7. The van der Waals surface area contributed by atoms with Crippen LogP contribution >= 0.6 is 0 Å². The molecular formula is C27H25NO4. The molecule has 1 saturated heterocycles. The van der Waals surface area contributed by atoms with E-state index in [0.717, 1.165) is 16.7 Å². The molecule has 1 amide bonds. The van der Waals surface area contributed by atoms with Gasteiger partial charge < -0.3 is 14.7 Å². The lowest BCUT2D eigenvalue weighted by atomic mass is 9.85. The molecule has 0 radical (unpaired) electrons. The number of likely N-dealkylation sites (tertiary alicyclic amines) is 1. The molecule has 2 atom stereocenters. The Labute approximate surface area is 187 Å². The lowest BCUT2D eigenvalue weighted by Gasteiger charge is -2.36. The highest BCUT2D eigenvalue weighted by Crippen LogP contribution is 2.44. The Kier molecular flexibility index (Phi) is 5.39. The number of hydrogen-bond acceptors (Lipinski definition) is 3. The van der Waals surface area contributed by atoms with Gasteiger partial charge in [-0.05, 0) is 34.2 Å². The molecule has 1 aliphatic heterocycles. The first-order chi connectivity index (χ1) is 15.6. The first kappa shape index (κ1) is 20.3. The van der Waals surface area contributed by atoms with Crippen LogP contribution in [-0.2, 0) is 9.53 Å². The standard InChI is InChI=1S/C27H25NO4/c29-26(30)20-14-19(18-8-2-1-3-9-18)15-28(16-20)27(31)32-17-25-23-12-6-4-10-21(23)22-11-5-7-13-24(22)25/h1-13,19-20,25H,14-17H2,(H,29,30)/t19-,20-/m0/s1. The zero-order chi connectivity index (χ0) is 22.1. The van der Waals surface area contributed by atoms with Crippen molar-refractivity contribution in [1.29, 1.82) is 0 Å². The monoisotopic (exact) mass is 427 g/mol. The molecule has 0 unspecified atom stereocenters. The van der Waals surface area contributed by atoms with Gasteiger partial charge in [0, 0.05) is 24.9 Å². The fraction of sp³-hybridized carbons (Fsp3) is 0.259. The summed E-state index contributed by atoms with van der Waals surface area (Å²) in [6, 6.07) is 26.2. The Morgan fingerprint density at radius 2 is 1.44 bits per heavy atom. The summed E-state index contributed by atoms with van der Waals surface area (Å²) in [6.07, 6.45) is 0.0747. The van der Waals surface area contributed by atoms with E-state index in [1.807, 2.05) is 54.6 Å². The minimum absolute atomic E-state index is 0.0173. The Hall–Kier alpha value is -3.60. The minimum atomic E-state index is -0.873. The summed E-state index contributed by atoms with van der Waals surface area (Å²) in [5, 5.41) is 9.64. The summed E-state index contributed by atoms with van der Waals surface area (Å²) >= 11 is 0. The van der Waals surface area contributed by atoms with E-state index < -0.39 is 18.0 Å². The van der Waals surface area contributed by atoms with Gasteiger partial charge in [0.15, 0.2) is 0 Å². The fourth-order valence-electron chi connectivity index (χ4n) is 5.08. The van der Waals surface area contributed by atoms with Crippen LogP contribution in [-0.4, -0.2) is 41.8 Å². The predicted molar refractivity (Wildman–Crippen MR) is 122 cm³/mol. The number of nitrogens with zero attached hydrogens (tertiary/aromatic N) is 1. The Morgan fingerprint density at radius 3 is 2.06 bits per heavy atom. The average molecular weight is 428 g/mol. The third kappa shape index (κ3) is 3.75. The van der Waals surface area contributed by atoms with E-state index in [-0.39, 0.29) is 25.0 Å².